The summed E-state index contributed by atoms with van der Waals surface area (Å²) in [5.41, 5.74) is 0.942. The maximum absolute atomic E-state index is 10.3. The molecule has 0 bridgehead atoms. The normalized spacial score (nSPS) is 12.8. The molecule has 0 aliphatic heterocycles. The predicted molar refractivity (Wildman–Crippen MR) is 87.8 cm³/mol. The van der Waals surface area contributed by atoms with E-state index in [-0.39, 0.29) is 0 Å². The van der Waals surface area contributed by atoms with Crippen molar-refractivity contribution in [3.8, 4) is 0 Å². The zero-order chi connectivity index (χ0) is 14.8. The molecule has 0 aliphatic rings. The largest absolute Gasteiger partial charge is 0.387 e. The molecule has 0 spiro atoms. The second kappa shape index (κ2) is 10.4. The summed E-state index contributed by atoms with van der Waals surface area (Å²) in [4.78, 5) is 0. The fraction of sp³-hybridized carbons (Fsp3) is 0.812. The minimum atomic E-state index is -0.394. The van der Waals surface area contributed by atoms with Gasteiger partial charge in [0.1, 0.15) is 0 Å². The molecule has 0 amide bonds. The molecule has 0 saturated carbocycles. The highest BCUT2D eigenvalue weighted by atomic mass is 79.9. The van der Waals surface area contributed by atoms with Gasteiger partial charge in [0.2, 0.25) is 0 Å². The first-order valence-corrected chi connectivity index (χ1v) is 8.89. The van der Waals surface area contributed by atoms with Gasteiger partial charge in [-0.15, -0.1) is 0 Å². The van der Waals surface area contributed by atoms with Gasteiger partial charge in [-0.05, 0) is 28.8 Å². The van der Waals surface area contributed by atoms with Crippen LogP contribution in [0.3, 0.4) is 0 Å². The third-order valence-electron chi connectivity index (χ3n) is 3.67. The number of halogens is 1. The lowest BCUT2D eigenvalue weighted by Crippen LogP contribution is -2.09. The topological polar surface area (TPSA) is 38.1 Å². The highest BCUT2D eigenvalue weighted by Gasteiger charge is 2.16. The molecule has 0 aliphatic carbocycles. The lowest BCUT2D eigenvalue weighted by molar-refractivity contribution is 0.151. The molecule has 3 nitrogen and oxygen atoms in total. The summed E-state index contributed by atoms with van der Waals surface area (Å²) in [6, 6.07) is 0. The number of hydrogen-bond donors (Lipinski definition) is 1. The van der Waals surface area contributed by atoms with Crippen molar-refractivity contribution in [1.82, 2.24) is 9.78 Å². The minimum Gasteiger partial charge on any atom is -0.387 e. The smallest absolute Gasteiger partial charge is 0.0968 e. The molecule has 0 aromatic carbocycles. The second-order valence-electron chi connectivity index (χ2n) is 5.53. The summed E-state index contributed by atoms with van der Waals surface area (Å²) in [5.74, 6) is 0. The third kappa shape index (κ3) is 5.96. The fourth-order valence-electron chi connectivity index (χ4n) is 2.52. The van der Waals surface area contributed by atoms with Crippen molar-refractivity contribution in [1.29, 1.82) is 0 Å². The molecule has 1 heterocycles. The highest BCUT2D eigenvalue weighted by Crippen LogP contribution is 2.27. The predicted octanol–water partition coefficient (Wildman–Crippen LogP) is 5.23. The summed E-state index contributed by atoms with van der Waals surface area (Å²) < 4.78 is 2.86. The van der Waals surface area contributed by atoms with Gasteiger partial charge in [0.05, 0.1) is 22.5 Å². The van der Waals surface area contributed by atoms with E-state index in [1.165, 1.54) is 38.5 Å². The molecule has 4 heteroatoms. The number of aromatic nitrogens is 2. The van der Waals surface area contributed by atoms with Crippen LogP contribution in [0.5, 0.6) is 0 Å². The minimum absolute atomic E-state index is 0.394. The molecule has 0 saturated heterocycles. The first-order chi connectivity index (χ1) is 9.70. The Labute approximate surface area is 131 Å². The average molecular weight is 345 g/mol. The molecule has 20 heavy (non-hydrogen) atoms. The number of hydrogen-bond acceptors (Lipinski definition) is 2. The number of aliphatic hydroxyl groups excluding tert-OH is 1. The van der Waals surface area contributed by atoms with Gasteiger partial charge in [-0.1, -0.05) is 58.8 Å². The Bertz CT molecular complexity index is 365. The van der Waals surface area contributed by atoms with E-state index in [0.29, 0.717) is 0 Å². The van der Waals surface area contributed by atoms with Crippen molar-refractivity contribution in [2.75, 3.05) is 0 Å². The molecular formula is C16H29BrN2O. The number of nitrogens with zero attached hydrogens (tertiary/aromatic N) is 2. The first-order valence-electron chi connectivity index (χ1n) is 8.10. The van der Waals surface area contributed by atoms with Crippen LogP contribution in [0.15, 0.2) is 10.7 Å². The van der Waals surface area contributed by atoms with Crippen molar-refractivity contribution in [3.05, 3.63) is 16.4 Å². The van der Waals surface area contributed by atoms with Crippen LogP contribution in [0, 0.1) is 0 Å². The Kier molecular flexibility index (Phi) is 9.19. The Hall–Kier alpha value is -0.350. The Balaban J connectivity index is 2.28. The standard InChI is InChI=1S/C16H29BrN2O/c1-3-5-6-7-8-9-10-11-15(20)16-14(17)13-18-19(16)12-4-2/h13,15,20H,3-12H2,1-2H3. The molecule has 116 valence electrons. The van der Waals surface area contributed by atoms with Crippen molar-refractivity contribution in [2.45, 2.75) is 84.3 Å². The van der Waals surface area contributed by atoms with Crippen LogP contribution in [0.25, 0.3) is 0 Å². The summed E-state index contributed by atoms with van der Waals surface area (Å²) in [5, 5.41) is 14.7. The molecule has 1 rings (SSSR count). The van der Waals surface area contributed by atoms with E-state index in [1.807, 2.05) is 4.68 Å². The van der Waals surface area contributed by atoms with Crippen LogP contribution in [-0.4, -0.2) is 14.9 Å². The highest BCUT2D eigenvalue weighted by molar-refractivity contribution is 9.10. The van der Waals surface area contributed by atoms with Crippen molar-refractivity contribution < 1.29 is 5.11 Å². The van der Waals surface area contributed by atoms with Gasteiger partial charge < -0.3 is 5.11 Å². The summed E-state index contributed by atoms with van der Waals surface area (Å²) in [6.07, 6.45) is 12.2. The van der Waals surface area contributed by atoms with Crippen LogP contribution in [0.2, 0.25) is 0 Å². The molecule has 1 unspecified atom stereocenters. The summed E-state index contributed by atoms with van der Waals surface area (Å²) in [6.45, 7) is 5.24. The number of rotatable bonds is 11. The third-order valence-corrected chi connectivity index (χ3v) is 4.28. The van der Waals surface area contributed by atoms with E-state index in [0.717, 1.165) is 36.0 Å². The molecule has 1 atom stereocenters. The molecule has 1 N–H and O–H groups in total. The van der Waals surface area contributed by atoms with Crippen LogP contribution >= 0.6 is 15.9 Å². The molecule has 1 aromatic rings. The van der Waals surface area contributed by atoms with Gasteiger partial charge in [0, 0.05) is 6.54 Å². The zero-order valence-electron chi connectivity index (χ0n) is 12.9. The summed E-state index contributed by atoms with van der Waals surface area (Å²) in [7, 11) is 0. The van der Waals surface area contributed by atoms with Crippen LogP contribution in [-0.2, 0) is 6.54 Å². The van der Waals surface area contributed by atoms with Crippen LogP contribution < -0.4 is 0 Å². The molecule has 0 radical (unpaired) electrons. The van der Waals surface area contributed by atoms with Crippen LogP contribution in [0.1, 0.15) is 83.4 Å². The van der Waals surface area contributed by atoms with Crippen molar-refractivity contribution in [2.24, 2.45) is 0 Å². The Morgan fingerprint density at radius 3 is 2.40 bits per heavy atom. The number of aliphatic hydroxyl groups is 1. The first kappa shape index (κ1) is 17.7. The molecular weight excluding hydrogens is 316 g/mol. The van der Waals surface area contributed by atoms with E-state index < -0.39 is 6.10 Å². The van der Waals surface area contributed by atoms with Crippen molar-refractivity contribution >= 4 is 15.9 Å². The van der Waals surface area contributed by atoms with Crippen molar-refractivity contribution in [3.63, 3.8) is 0 Å². The van der Waals surface area contributed by atoms with Gasteiger partial charge in [0.15, 0.2) is 0 Å². The maximum Gasteiger partial charge on any atom is 0.0968 e. The number of unbranched alkanes of at least 4 members (excludes halogenated alkanes) is 6. The van der Waals surface area contributed by atoms with E-state index in [4.69, 9.17) is 0 Å². The van der Waals surface area contributed by atoms with Gasteiger partial charge in [-0.25, -0.2) is 0 Å². The lowest BCUT2D eigenvalue weighted by Gasteiger charge is -2.13. The van der Waals surface area contributed by atoms with Gasteiger partial charge in [-0.2, -0.15) is 5.10 Å². The van der Waals surface area contributed by atoms with Gasteiger partial charge >= 0.3 is 0 Å². The quantitative estimate of drug-likeness (QED) is 0.558. The van der Waals surface area contributed by atoms with E-state index >= 15 is 0 Å². The van der Waals surface area contributed by atoms with E-state index in [2.05, 4.69) is 34.9 Å². The fourth-order valence-corrected chi connectivity index (χ4v) is 3.09. The Morgan fingerprint density at radius 2 is 1.75 bits per heavy atom. The van der Waals surface area contributed by atoms with E-state index in [9.17, 15) is 5.11 Å². The zero-order valence-corrected chi connectivity index (χ0v) is 14.5. The van der Waals surface area contributed by atoms with Gasteiger partial charge in [-0.3, -0.25) is 4.68 Å². The van der Waals surface area contributed by atoms with E-state index in [1.54, 1.807) is 6.20 Å². The lowest BCUT2D eigenvalue weighted by atomic mass is 10.0. The molecule has 0 fully saturated rings. The molecule has 1 aromatic heterocycles. The van der Waals surface area contributed by atoms with Crippen LogP contribution in [0.4, 0.5) is 0 Å². The number of aryl methyl sites for hydroxylation is 1. The maximum atomic E-state index is 10.3. The second-order valence-corrected chi connectivity index (χ2v) is 6.38. The SMILES string of the molecule is CCCCCCCCCC(O)c1c(Br)cnn1CCC. The Morgan fingerprint density at radius 1 is 1.10 bits per heavy atom. The van der Waals surface area contributed by atoms with Gasteiger partial charge in [0.25, 0.3) is 0 Å². The monoisotopic (exact) mass is 344 g/mol. The average Bonchev–Trinajstić information content (AvgIpc) is 2.79. The summed E-state index contributed by atoms with van der Waals surface area (Å²) >= 11 is 3.50.